The molecule has 0 aliphatic rings. The molecule has 3 rings (SSSR count). The molecular weight excluding hydrogens is 460 g/mol. The fourth-order valence-electron chi connectivity index (χ4n) is 3.51. The van der Waals surface area contributed by atoms with Crippen molar-refractivity contribution < 1.29 is 17.9 Å². The number of rotatable bonds is 10. The number of esters is 1. The molecule has 178 valence electrons. The van der Waals surface area contributed by atoms with Crippen LogP contribution in [-0.4, -0.2) is 30.8 Å². The van der Waals surface area contributed by atoms with Crippen LogP contribution in [0.15, 0.2) is 46.9 Å². The molecule has 0 saturated heterocycles. The number of hydrogen-bond acceptors (Lipinski definition) is 7. The Morgan fingerprint density at radius 2 is 2.03 bits per heavy atom. The van der Waals surface area contributed by atoms with E-state index in [1.807, 2.05) is 26.8 Å². The van der Waals surface area contributed by atoms with Crippen molar-refractivity contribution in [2.75, 3.05) is 6.61 Å². The predicted octanol–water partition coefficient (Wildman–Crippen LogP) is 3.92. The number of nitrogens with two attached hydrogens (primary N) is 2. The summed E-state index contributed by atoms with van der Waals surface area (Å²) >= 11 is 1.03. The first-order valence-electron chi connectivity index (χ1n) is 10.8. The summed E-state index contributed by atoms with van der Waals surface area (Å²) in [6, 6.07) is 8.88. The monoisotopic (exact) mass is 490 g/mol. The molecular formula is C23H30N4O4S2. The zero-order valence-electron chi connectivity index (χ0n) is 19.0. The maximum absolute atomic E-state index is 13.2. The van der Waals surface area contributed by atoms with Crippen LogP contribution in [0.5, 0.6) is 0 Å². The number of ether oxygens (including phenoxy) is 1. The van der Waals surface area contributed by atoms with E-state index in [1.165, 1.54) is 0 Å². The first-order valence-corrected chi connectivity index (χ1v) is 13.2. The Hall–Kier alpha value is -2.53. The van der Waals surface area contributed by atoms with E-state index in [-0.39, 0.29) is 27.9 Å². The van der Waals surface area contributed by atoms with E-state index in [0.29, 0.717) is 22.4 Å². The lowest BCUT2D eigenvalue weighted by molar-refractivity contribution is 0.0500. The van der Waals surface area contributed by atoms with E-state index in [2.05, 4.69) is 5.10 Å². The van der Waals surface area contributed by atoms with Crippen molar-refractivity contribution in [3.05, 3.63) is 58.7 Å². The number of benzene rings is 1. The molecule has 0 amide bonds. The average Bonchev–Trinajstić information content (AvgIpc) is 3.41. The van der Waals surface area contributed by atoms with Crippen molar-refractivity contribution in [2.24, 2.45) is 16.8 Å². The van der Waals surface area contributed by atoms with Crippen LogP contribution in [0.3, 0.4) is 0 Å². The molecule has 0 bridgehead atoms. The second kappa shape index (κ2) is 10.6. The molecule has 4 N–H and O–H groups in total. The fraction of sp³-hybridized carbons (Fsp3) is 0.391. The van der Waals surface area contributed by atoms with Crippen molar-refractivity contribution in [3.8, 4) is 11.1 Å². The van der Waals surface area contributed by atoms with Gasteiger partial charge in [0.2, 0.25) is 10.0 Å². The lowest BCUT2D eigenvalue weighted by Gasteiger charge is -2.15. The molecule has 0 aliphatic carbocycles. The zero-order chi connectivity index (χ0) is 24.2. The molecule has 10 heteroatoms. The number of carbonyl (C=O) groups excluding carboxylic acids is 1. The van der Waals surface area contributed by atoms with E-state index < -0.39 is 22.2 Å². The second-order valence-corrected chi connectivity index (χ2v) is 11.1. The summed E-state index contributed by atoms with van der Waals surface area (Å²) in [7, 11) is -4.09. The highest BCUT2D eigenvalue weighted by molar-refractivity contribution is 7.91. The van der Waals surface area contributed by atoms with Gasteiger partial charge in [0.05, 0.1) is 12.2 Å². The van der Waals surface area contributed by atoms with Crippen LogP contribution in [0.2, 0.25) is 0 Å². The van der Waals surface area contributed by atoms with E-state index in [1.54, 1.807) is 41.3 Å². The average molecular weight is 491 g/mol. The number of thiophene rings is 1. The maximum Gasteiger partial charge on any atom is 0.339 e. The lowest BCUT2D eigenvalue weighted by Crippen LogP contribution is -2.20. The van der Waals surface area contributed by atoms with Crippen molar-refractivity contribution in [1.29, 1.82) is 0 Å². The Labute approximate surface area is 198 Å². The first-order chi connectivity index (χ1) is 15.6. The molecule has 1 atom stereocenters. The Kier molecular flexibility index (Phi) is 8.06. The molecule has 2 heterocycles. The highest BCUT2D eigenvalue weighted by Crippen LogP contribution is 2.41. The Balaban J connectivity index is 2.19. The fourth-order valence-corrected chi connectivity index (χ4v) is 6.03. The summed E-state index contributed by atoms with van der Waals surface area (Å²) in [5, 5.41) is 9.78. The van der Waals surface area contributed by atoms with E-state index in [9.17, 15) is 13.2 Å². The first kappa shape index (κ1) is 25.1. The highest BCUT2D eigenvalue weighted by atomic mass is 32.2. The smallest absolute Gasteiger partial charge is 0.339 e. The minimum Gasteiger partial charge on any atom is -0.462 e. The zero-order valence-corrected chi connectivity index (χ0v) is 20.7. The van der Waals surface area contributed by atoms with Crippen molar-refractivity contribution >= 4 is 27.3 Å². The van der Waals surface area contributed by atoms with Gasteiger partial charge in [-0.2, -0.15) is 5.10 Å². The van der Waals surface area contributed by atoms with Gasteiger partial charge in [-0.1, -0.05) is 45.4 Å². The van der Waals surface area contributed by atoms with Crippen LogP contribution >= 0.6 is 11.3 Å². The topological polar surface area (TPSA) is 130 Å². The summed E-state index contributed by atoms with van der Waals surface area (Å²) in [5.41, 5.74) is 8.13. The quantitative estimate of drug-likeness (QED) is 0.327. The molecule has 1 aromatic carbocycles. The van der Waals surface area contributed by atoms with E-state index >= 15 is 0 Å². The molecule has 1 unspecified atom stereocenters. The Morgan fingerprint density at radius 1 is 1.27 bits per heavy atom. The van der Waals surface area contributed by atoms with Gasteiger partial charge < -0.3 is 10.5 Å². The number of sulfonamides is 1. The summed E-state index contributed by atoms with van der Waals surface area (Å²) < 4.78 is 32.2. The number of aromatic nitrogens is 2. The molecule has 0 radical (unpaired) electrons. The van der Waals surface area contributed by atoms with Gasteiger partial charge in [-0.15, -0.1) is 11.3 Å². The summed E-state index contributed by atoms with van der Waals surface area (Å²) in [6.07, 6.45) is 4.92. The molecule has 0 fully saturated rings. The van der Waals surface area contributed by atoms with Crippen LogP contribution < -0.4 is 10.9 Å². The van der Waals surface area contributed by atoms with Crippen LogP contribution in [0.1, 0.15) is 60.6 Å². The highest BCUT2D eigenvalue weighted by Gasteiger charge is 2.31. The summed E-state index contributed by atoms with van der Waals surface area (Å²) in [6.45, 7) is 6.28. The standard InChI is InChI=1S/C23H30N4O4S2/c1-4-5-12-31-22(28)20-18(13-15(2)3)32-23(33(25,29)30)19(20)16-8-6-9-17(14-16)21(24)27-11-7-10-26-27/h6-11,14-15,21H,4-5,12-13,24H2,1-3H3,(H2,25,29,30). The third kappa shape index (κ3) is 5.89. The number of hydrogen-bond donors (Lipinski definition) is 2. The Morgan fingerprint density at radius 3 is 2.64 bits per heavy atom. The second-order valence-electron chi connectivity index (χ2n) is 8.25. The molecule has 2 aromatic heterocycles. The van der Waals surface area contributed by atoms with Crippen molar-refractivity contribution in [1.82, 2.24) is 9.78 Å². The van der Waals surface area contributed by atoms with Crippen molar-refractivity contribution in [2.45, 2.75) is 50.4 Å². The summed E-state index contributed by atoms with van der Waals surface area (Å²) in [5.74, 6) is -0.339. The van der Waals surface area contributed by atoms with Crippen molar-refractivity contribution in [3.63, 3.8) is 0 Å². The third-order valence-corrected chi connectivity index (χ3v) is 7.74. The molecule has 33 heavy (non-hydrogen) atoms. The van der Waals surface area contributed by atoms with Gasteiger partial charge in [0.25, 0.3) is 0 Å². The van der Waals surface area contributed by atoms with Crippen LogP contribution in [0.4, 0.5) is 0 Å². The van der Waals surface area contributed by atoms with Gasteiger partial charge in [-0.25, -0.2) is 18.4 Å². The number of carbonyl (C=O) groups is 1. The number of unbranched alkanes of at least 4 members (excludes halogenated alkanes) is 1. The van der Waals surface area contributed by atoms with Gasteiger partial charge >= 0.3 is 5.97 Å². The Bertz CT molecular complexity index is 1200. The third-order valence-electron chi connectivity index (χ3n) is 5.06. The number of primary sulfonamides is 1. The molecule has 0 aliphatic heterocycles. The lowest BCUT2D eigenvalue weighted by atomic mass is 9.97. The van der Waals surface area contributed by atoms with Gasteiger partial charge in [0.15, 0.2) is 0 Å². The van der Waals surface area contributed by atoms with Gasteiger partial charge in [-0.05, 0) is 42.0 Å². The molecule has 8 nitrogen and oxygen atoms in total. The molecule has 0 spiro atoms. The number of nitrogens with zero attached hydrogens (tertiary/aromatic N) is 2. The summed E-state index contributed by atoms with van der Waals surface area (Å²) in [4.78, 5) is 13.8. The molecule has 3 aromatic rings. The van der Waals surface area contributed by atoms with Crippen LogP contribution in [-0.2, 0) is 21.2 Å². The van der Waals surface area contributed by atoms with Crippen LogP contribution in [0, 0.1) is 5.92 Å². The maximum atomic E-state index is 13.2. The normalized spacial score (nSPS) is 12.8. The predicted molar refractivity (Wildman–Crippen MR) is 129 cm³/mol. The van der Waals surface area contributed by atoms with Gasteiger partial charge in [0, 0.05) is 22.8 Å². The van der Waals surface area contributed by atoms with E-state index in [0.717, 1.165) is 24.2 Å². The van der Waals surface area contributed by atoms with Gasteiger partial charge in [0.1, 0.15) is 10.4 Å². The SMILES string of the molecule is CCCCOC(=O)c1c(CC(C)C)sc(S(N)(=O)=O)c1-c1cccc(C(N)n2cccn2)c1. The van der Waals surface area contributed by atoms with Gasteiger partial charge in [-0.3, -0.25) is 4.68 Å². The minimum absolute atomic E-state index is 0.0506. The minimum atomic E-state index is -4.09. The van der Waals surface area contributed by atoms with E-state index in [4.69, 9.17) is 15.6 Å². The van der Waals surface area contributed by atoms with Crippen LogP contribution in [0.25, 0.3) is 11.1 Å². The molecule has 0 saturated carbocycles. The largest absolute Gasteiger partial charge is 0.462 e.